The maximum Gasteiger partial charge on any atom is 0.277 e. The summed E-state index contributed by atoms with van der Waals surface area (Å²) in [5.74, 6) is 0.381. The highest BCUT2D eigenvalue weighted by Crippen LogP contribution is 2.33. The number of hydrogen-bond acceptors (Lipinski definition) is 8. The standard InChI is InChI=1S/C24H23FN4O3S2/c1-15(31-19-10-4-2-8-17(19)25)22-27-28-24(32-22)33-14-21(30)29-12-6-7-16(13-29)23-26-18-9-3-5-11-20(18)34-23/h2-5,8-11,15-16H,6-7,12-14H2,1H3/t15-,16+/m0/s1. The van der Waals surface area contributed by atoms with Crippen LogP contribution in [-0.2, 0) is 4.79 Å². The van der Waals surface area contributed by atoms with E-state index in [9.17, 15) is 9.18 Å². The van der Waals surface area contributed by atoms with Crippen molar-refractivity contribution in [1.29, 1.82) is 0 Å². The lowest BCUT2D eigenvalue weighted by molar-refractivity contribution is -0.129. The van der Waals surface area contributed by atoms with Crippen molar-refractivity contribution in [3.8, 4) is 5.75 Å². The van der Waals surface area contributed by atoms with Crippen molar-refractivity contribution in [2.45, 2.75) is 37.0 Å². The molecule has 0 bridgehead atoms. The molecule has 0 N–H and O–H groups in total. The number of nitrogens with zero attached hydrogens (tertiary/aromatic N) is 4. The number of hydrogen-bond donors (Lipinski definition) is 0. The van der Waals surface area contributed by atoms with Gasteiger partial charge in [0.05, 0.1) is 21.0 Å². The molecular weight excluding hydrogens is 475 g/mol. The number of rotatable bonds is 7. The highest BCUT2D eigenvalue weighted by molar-refractivity contribution is 7.99. The Kier molecular flexibility index (Phi) is 6.77. The van der Waals surface area contributed by atoms with E-state index in [4.69, 9.17) is 14.1 Å². The second-order valence-electron chi connectivity index (χ2n) is 8.08. The number of thioether (sulfide) groups is 1. The van der Waals surface area contributed by atoms with Crippen LogP contribution in [0.5, 0.6) is 5.75 Å². The quantitative estimate of drug-likeness (QED) is 0.313. The van der Waals surface area contributed by atoms with E-state index < -0.39 is 11.9 Å². The Bertz CT molecular complexity index is 1260. The topological polar surface area (TPSA) is 81.4 Å². The van der Waals surface area contributed by atoms with Crippen molar-refractivity contribution >= 4 is 39.2 Å². The van der Waals surface area contributed by atoms with Crippen molar-refractivity contribution in [3.05, 3.63) is 65.2 Å². The van der Waals surface area contributed by atoms with Gasteiger partial charge in [0.25, 0.3) is 11.1 Å². The molecule has 0 radical (unpaired) electrons. The molecule has 4 aromatic rings. The maximum atomic E-state index is 13.8. The van der Waals surface area contributed by atoms with Crippen LogP contribution in [-0.4, -0.2) is 44.8 Å². The van der Waals surface area contributed by atoms with Gasteiger partial charge in [0.15, 0.2) is 17.7 Å². The summed E-state index contributed by atoms with van der Waals surface area (Å²) in [6.07, 6.45) is 1.36. The van der Waals surface area contributed by atoms with Crippen molar-refractivity contribution in [2.75, 3.05) is 18.8 Å². The number of ether oxygens (including phenoxy) is 1. The van der Waals surface area contributed by atoms with E-state index in [0.717, 1.165) is 29.9 Å². The van der Waals surface area contributed by atoms with Crippen molar-refractivity contribution in [2.24, 2.45) is 0 Å². The number of para-hydroxylation sites is 2. The van der Waals surface area contributed by atoms with Gasteiger partial charge < -0.3 is 14.1 Å². The molecule has 34 heavy (non-hydrogen) atoms. The summed E-state index contributed by atoms with van der Waals surface area (Å²) < 4.78 is 26.2. The fourth-order valence-corrected chi connectivity index (χ4v) is 5.67. The van der Waals surface area contributed by atoms with Gasteiger partial charge in [-0.25, -0.2) is 9.37 Å². The van der Waals surface area contributed by atoms with Crippen molar-refractivity contribution in [1.82, 2.24) is 20.1 Å². The summed E-state index contributed by atoms with van der Waals surface area (Å²) in [6, 6.07) is 14.3. The second-order valence-corrected chi connectivity index (χ2v) is 10.1. The van der Waals surface area contributed by atoms with Crippen LogP contribution in [0.2, 0.25) is 0 Å². The van der Waals surface area contributed by atoms with Crippen LogP contribution in [0.1, 0.15) is 42.7 Å². The Labute approximate surface area is 204 Å². The molecule has 0 aliphatic carbocycles. The third-order valence-corrected chi connectivity index (χ3v) is 7.67. The van der Waals surface area contributed by atoms with Crippen LogP contribution in [0, 0.1) is 5.82 Å². The van der Waals surface area contributed by atoms with Gasteiger partial charge >= 0.3 is 0 Å². The molecule has 0 unspecified atom stereocenters. The number of amides is 1. The van der Waals surface area contributed by atoms with E-state index in [2.05, 4.69) is 16.3 Å². The first-order valence-corrected chi connectivity index (χ1v) is 12.9. The third kappa shape index (κ3) is 5.07. The largest absolute Gasteiger partial charge is 0.478 e. The highest BCUT2D eigenvalue weighted by Gasteiger charge is 2.27. The SMILES string of the molecule is C[C@H](Oc1ccccc1F)c1nnc(SCC(=O)N2CCC[C@@H](c3nc4ccccc4s3)C2)o1. The van der Waals surface area contributed by atoms with Crippen LogP contribution in [0.4, 0.5) is 4.39 Å². The fraction of sp³-hybridized carbons (Fsp3) is 0.333. The first kappa shape index (κ1) is 22.8. The lowest BCUT2D eigenvalue weighted by Gasteiger charge is -2.31. The molecule has 2 atom stereocenters. The Morgan fingerprint density at radius 1 is 1.26 bits per heavy atom. The summed E-state index contributed by atoms with van der Waals surface area (Å²) in [7, 11) is 0. The van der Waals surface area contributed by atoms with Gasteiger partial charge in [-0.15, -0.1) is 21.5 Å². The Morgan fingerprint density at radius 2 is 2.09 bits per heavy atom. The lowest BCUT2D eigenvalue weighted by Crippen LogP contribution is -2.40. The molecule has 1 saturated heterocycles. The molecule has 7 nitrogen and oxygen atoms in total. The third-order valence-electron chi connectivity index (χ3n) is 5.66. The number of halogens is 1. The van der Waals surface area contributed by atoms with E-state index in [1.165, 1.54) is 28.6 Å². The number of fused-ring (bicyclic) bond motifs is 1. The molecule has 1 fully saturated rings. The molecule has 3 heterocycles. The van der Waals surface area contributed by atoms with Gasteiger partial charge in [0, 0.05) is 19.0 Å². The second kappa shape index (κ2) is 10.1. The van der Waals surface area contributed by atoms with Gasteiger partial charge in [-0.2, -0.15) is 0 Å². The maximum absolute atomic E-state index is 13.8. The fourth-order valence-electron chi connectivity index (χ4n) is 3.91. The summed E-state index contributed by atoms with van der Waals surface area (Å²) in [6.45, 7) is 3.11. The molecule has 0 spiro atoms. The molecule has 2 aromatic heterocycles. The molecule has 1 aliphatic heterocycles. The zero-order valence-corrected chi connectivity index (χ0v) is 20.2. The average Bonchev–Trinajstić information content (AvgIpc) is 3.51. The van der Waals surface area contributed by atoms with Crippen molar-refractivity contribution in [3.63, 3.8) is 0 Å². The number of likely N-dealkylation sites (tertiary alicyclic amines) is 1. The summed E-state index contributed by atoms with van der Waals surface area (Å²) in [5, 5.41) is 9.37. The minimum absolute atomic E-state index is 0.0335. The average molecular weight is 499 g/mol. The summed E-state index contributed by atoms with van der Waals surface area (Å²) in [5.41, 5.74) is 1.02. The summed E-state index contributed by atoms with van der Waals surface area (Å²) in [4.78, 5) is 19.6. The summed E-state index contributed by atoms with van der Waals surface area (Å²) >= 11 is 2.91. The number of piperidine rings is 1. The van der Waals surface area contributed by atoms with Crippen LogP contribution < -0.4 is 4.74 Å². The number of carbonyl (C=O) groups is 1. The molecule has 176 valence electrons. The Hall–Kier alpha value is -2.98. The van der Waals surface area contributed by atoms with E-state index in [1.54, 1.807) is 30.4 Å². The van der Waals surface area contributed by atoms with E-state index in [1.807, 2.05) is 23.1 Å². The zero-order chi connectivity index (χ0) is 23.5. The first-order chi connectivity index (χ1) is 16.6. The number of carbonyl (C=O) groups excluding carboxylic acids is 1. The first-order valence-electron chi connectivity index (χ1n) is 11.1. The predicted molar refractivity (Wildman–Crippen MR) is 129 cm³/mol. The highest BCUT2D eigenvalue weighted by atomic mass is 32.2. The lowest BCUT2D eigenvalue weighted by atomic mass is 9.99. The smallest absolute Gasteiger partial charge is 0.277 e. The Morgan fingerprint density at radius 3 is 2.94 bits per heavy atom. The molecular formula is C24H23FN4O3S2. The van der Waals surface area contributed by atoms with E-state index in [-0.39, 0.29) is 34.4 Å². The Balaban J connectivity index is 1.16. The monoisotopic (exact) mass is 498 g/mol. The normalized spacial score (nSPS) is 17.1. The van der Waals surface area contributed by atoms with Crippen LogP contribution >= 0.6 is 23.1 Å². The molecule has 5 rings (SSSR count). The number of benzene rings is 2. The van der Waals surface area contributed by atoms with Crippen LogP contribution in [0.3, 0.4) is 0 Å². The van der Waals surface area contributed by atoms with Gasteiger partial charge in [-0.05, 0) is 44.0 Å². The van der Waals surface area contributed by atoms with Gasteiger partial charge in [0.1, 0.15) is 0 Å². The van der Waals surface area contributed by atoms with Gasteiger partial charge in [-0.3, -0.25) is 4.79 Å². The van der Waals surface area contributed by atoms with Crippen LogP contribution in [0.15, 0.2) is 58.2 Å². The van der Waals surface area contributed by atoms with E-state index >= 15 is 0 Å². The minimum atomic E-state index is -0.619. The van der Waals surface area contributed by atoms with Crippen molar-refractivity contribution < 1.29 is 18.3 Å². The minimum Gasteiger partial charge on any atom is -0.478 e. The molecule has 1 amide bonds. The van der Waals surface area contributed by atoms with Gasteiger partial charge in [0.2, 0.25) is 5.91 Å². The predicted octanol–water partition coefficient (Wildman–Crippen LogP) is 5.46. The number of thiazole rings is 1. The number of aromatic nitrogens is 3. The van der Waals surface area contributed by atoms with Crippen LogP contribution in [0.25, 0.3) is 10.2 Å². The van der Waals surface area contributed by atoms with Gasteiger partial charge in [-0.1, -0.05) is 36.0 Å². The molecule has 1 aliphatic rings. The zero-order valence-electron chi connectivity index (χ0n) is 18.5. The molecule has 10 heteroatoms. The van der Waals surface area contributed by atoms with E-state index in [0.29, 0.717) is 6.54 Å². The molecule has 0 saturated carbocycles. The molecule has 2 aromatic carbocycles.